The first kappa shape index (κ1) is 23.2. The Kier molecular flexibility index (Phi) is 10.1. The van der Waals surface area contributed by atoms with E-state index in [9.17, 15) is 9.59 Å². The van der Waals surface area contributed by atoms with E-state index in [2.05, 4.69) is 6.92 Å². The topological polar surface area (TPSA) is 52.6 Å². The third kappa shape index (κ3) is 8.59. The van der Waals surface area contributed by atoms with Gasteiger partial charge in [-0.05, 0) is 30.9 Å². The molecule has 0 heterocycles. The van der Waals surface area contributed by atoms with Gasteiger partial charge in [-0.1, -0.05) is 78.4 Å². The van der Waals surface area contributed by atoms with Crippen molar-refractivity contribution in [3.63, 3.8) is 0 Å². The van der Waals surface area contributed by atoms with Crippen molar-refractivity contribution in [3.05, 3.63) is 35.4 Å². The zero-order chi connectivity index (χ0) is 20.3. The Bertz CT molecular complexity index is 586. The van der Waals surface area contributed by atoms with Gasteiger partial charge in [0.05, 0.1) is 17.7 Å². The number of esters is 2. The molecule has 1 aromatic carbocycles. The van der Waals surface area contributed by atoms with Crippen molar-refractivity contribution < 1.29 is 19.1 Å². The van der Waals surface area contributed by atoms with Crippen LogP contribution in [0.2, 0.25) is 0 Å². The number of benzene rings is 1. The van der Waals surface area contributed by atoms with E-state index < -0.39 is 11.9 Å². The second-order valence-corrected chi connectivity index (χ2v) is 8.22. The van der Waals surface area contributed by atoms with E-state index in [1.54, 1.807) is 24.3 Å². The summed E-state index contributed by atoms with van der Waals surface area (Å²) < 4.78 is 10.9. The quantitative estimate of drug-likeness (QED) is 0.341. The van der Waals surface area contributed by atoms with Gasteiger partial charge in [-0.3, -0.25) is 0 Å². The molecule has 0 aromatic heterocycles. The van der Waals surface area contributed by atoms with E-state index in [1.807, 2.05) is 27.7 Å². The Morgan fingerprint density at radius 2 is 1.41 bits per heavy atom. The largest absolute Gasteiger partial charge is 0.462 e. The Morgan fingerprint density at radius 3 is 1.96 bits per heavy atom. The molecule has 0 aliphatic rings. The smallest absolute Gasteiger partial charge is 0.339 e. The van der Waals surface area contributed by atoms with Crippen molar-refractivity contribution in [2.45, 2.75) is 85.7 Å². The Labute approximate surface area is 164 Å². The summed E-state index contributed by atoms with van der Waals surface area (Å²) >= 11 is 0. The van der Waals surface area contributed by atoms with Crippen LogP contribution in [0.15, 0.2) is 24.3 Å². The van der Waals surface area contributed by atoms with Gasteiger partial charge in [-0.25, -0.2) is 9.59 Å². The highest BCUT2D eigenvalue weighted by atomic mass is 16.5. The first-order valence-corrected chi connectivity index (χ1v) is 10.2. The van der Waals surface area contributed by atoms with Crippen LogP contribution < -0.4 is 0 Å². The third-order valence-corrected chi connectivity index (χ3v) is 4.85. The number of carbonyl (C=O) groups excluding carboxylic acids is 2. The summed E-state index contributed by atoms with van der Waals surface area (Å²) in [5.74, 6) is -0.946. The average molecular weight is 377 g/mol. The van der Waals surface area contributed by atoms with Crippen molar-refractivity contribution in [2.75, 3.05) is 6.61 Å². The SMILES string of the molecule is CCCCCCCCCOC(=O)c1ccccc1C(=O)OC(C)C(C)(C)C. The molecule has 152 valence electrons. The number of rotatable bonds is 11. The van der Waals surface area contributed by atoms with Gasteiger partial charge >= 0.3 is 11.9 Å². The van der Waals surface area contributed by atoms with Gasteiger partial charge in [0.2, 0.25) is 0 Å². The molecule has 1 unspecified atom stereocenters. The van der Waals surface area contributed by atoms with Crippen LogP contribution in [-0.2, 0) is 9.47 Å². The van der Waals surface area contributed by atoms with Crippen LogP contribution in [0.1, 0.15) is 100 Å². The second-order valence-electron chi connectivity index (χ2n) is 8.22. The molecular formula is C23H36O4. The highest BCUT2D eigenvalue weighted by molar-refractivity contribution is 6.03. The fraction of sp³-hybridized carbons (Fsp3) is 0.652. The normalized spacial score (nSPS) is 12.5. The fourth-order valence-corrected chi connectivity index (χ4v) is 2.54. The predicted octanol–water partition coefficient (Wildman–Crippen LogP) is 6.19. The van der Waals surface area contributed by atoms with Gasteiger partial charge < -0.3 is 9.47 Å². The Morgan fingerprint density at radius 1 is 0.889 bits per heavy atom. The molecule has 1 rings (SSSR count). The van der Waals surface area contributed by atoms with Gasteiger partial charge in [0.25, 0.3) is 0 Å². The van der Waals surface area contributed by atoms with Crippen LogP contribution in [-0.4, -0.2) is 24.6 Å². The standard InChI is InChI=1S/C23H36O4/c1-6-7-8-9-10-11-14-17-26-21(24)19-15-12-13-16-20(19)22(25)27-18(2)23(3,4)5/h12-13,15-16,18H,6-11,14,17H2,1-5H3. The second kappa shape index (κ2) is 11.8. The lowest BCUT2D eigenvalue weighted by atomic mass is 9.90. The van der Waals surface area contributed by atoms with Gasteiger partial charge in [0.1, 0.15) is 6.10 Å². The Balaban J connectivity index is 2.52. The zero-order valence-electron chi connectivity index (χ0n) is 17.7. The number of carbonyl (C=O) groups is 2. The maximum Gasteiger partial charge on any atom is 0.339 e. The molecule has 0 amide bonds. The maximum absolute atomic E-state index is 12.5. The van der Waals surface area contributed by atoms with Crippen LogP contribution in [0.3, 0.4) is 0 Å². The van der Waals surface area contributed by atoms with Gasteiger partial charge in [-0.15, -0.1) is 0 Å². The van der Waals surface area contributed by atoms with Crippen LogP contribution in [0.25, 0.3) is 0 Å². The molecule has 0 aliphatic carbocycles. The summed E-state index contributed by atoms with van der Waals surface area (Å²) in [4.78, 5) is 24.9. The zero-order valence-corrected chi connectivity index (χ0v) is 17.7. The number of ether oxygens (including phenoxy) is 2. The van der Waals surface area contributed by atoms with Crippen molar-refractivity contribution in [3.8, 4) is 0 Å². The molecule has 0 spiro atoms. The Hall–Kier alpha value is -1.84. The first-order chi connectivity index (χ1) is 12.8. The molecule has 0 bridgehead atoms. The summed E-state index contributed by atoms with van der Waals surface area (Å²) in [6.07, 6.45) is 7.87. The van der Waals surface area contributed by atoms with E-state index >= 15 is 0 Å². The van der Waals surface area contributed by atoms with Crippen molar-refractivity contribution in [1.82, 2.24) is 0 Å². The number of hydrogen-bond acceptors (Lipinski definition) is 4. The predicted molar refractivity (Wildman–Crippen MR) is 109 cm³/mol. The number of hydrogen-bond donors (Lipinski definition) is 0. The molecule has 0 radical (unpaired) electrons. The molecule has 0 saturated carbocycles. The van der Waals surface area contributed by atoms with E-state index in [1.165, 1.54) is 32.1 Å². The molecule has 0 N–H and O–H groups in total. The molecule has 0 fully saturated rings. The third-order valence-electron chi connectivity index (χ3n) is 4.85. The van der Waals surface area contributed by atoms with Gasteiger partial charge in [-0.2, -0.15) is 0 Å². The molecule has 27 heavy (non-hydrogen) atoms. The summed E-state index contributed by atoms with van der Waals surface area (Å²) in [5.41, 5.74) is 0.368. The minimum atomic E-state index is -0.485. The van der Waals surface area contributed by atoms with Crippen LogP contribution in [0.5, 0.6) is 0 Å². The molecule has 1 atom stereocenters. The lowest BCUT2D eigenvalue weighted by Crippen LogP contribution is -2.29. The average Bonchev–Trinajstić information content (AvgIpc) is 2.62. The summed E-state index contributed by atoms with van der Waals surface area (Å²) in [7, 11) is 0. The van der Waals surface area contributed by atoms with E-state index in [-0.39, 0.29) is 22.6 Å². The minimum absolute atomic E-state index is 0.164. The van der Waals surface area contributed by atoms with E-state index in [0.29, 0.717) is 6.61 Å². The highest BCUT2D eigenvalue weighted by Gasteiger charge is 2.26. The monoisotopic (exact) mass is 376 g/mol. The highest BCUT2D eigenvalue weighted by Crippen LogP contribution is 2.23. The molecule has 4 heteroatoms. The van der Waals surface area contributed by atoms with Crippen molar-refractivity contribution >= 4 is 11.9 Å². The fourth-order valence-electron chi connectivity index (χ4n) is 2.54. The molecule has 4 nitrogen and oxygen atoms in total. The van der Waals surface area contributed by atoms with Crippen LogP contribution >= 0.6 is 0 Å². The molecule has 1 aromatic rings. The number of unbranched alkanes of at least 4 members (excludes halogenated alkanes) is 6. The summed E-state index contributed by atoms with van der Waals surface area (Å²) in [6, 6.07) is 6.69. The van der Waals surface area contributed by atoms with Gasteiger partial charge in [0.15, 0.2) is 0 Å². The molecule has 0 saturated heterocycles. The minimum Gasteiger partial charge on any atom is -0.462 e. The van der Waals surface area contributed by atoms with Gasteiger partial charge in [0, 0.05) is 0 Å². The van der Waals surface area contributed by atoms with E-state index in [4.69, 9.17) is 9.47 Å². The van der Waals surface area contributed by atoms with Crippen molar-refractivity contribution in [2.24, 2.45) is 5.41 Å². The lowest BCUT2D eigenvalue weighted by molar-refractivity contribution is 0.00437. The molecule has 0 aliphatic heterocycles. The first-order valence-electron chi connectivity index (χ1n) is 10.2. The lowest BCUT2D eigenvalue weighted by Gasteiger charge is -2.27. The summed E-state index contributed by atoms with van der Waals surface area (Å²) in [6.45, 7) is 10.5. The van der Waals surface area contributed by atoms with Crippen LogP contribution in [0.4, 0.5) is 0 Å². The molecular weight excluding hydrogens is 340 g/mol. The maximum atomic E-state index is 12.5. The van der Waals surface area contributed by atoms with Crippen LogP contribution in [0, 0.1) is 5.41 Å². The van der Waals surface area contributed by atoms with E-state index in [0.717, 1.165) is 12.8 Å². The summed E-state index contributed by atoms with van der Waals surface area (Å²) in [5, 5.41) is 0. The van der Waals surface area contributed by atoms with Crippen molar-refractivity contribution in [1.29, 1.82) is 0 Å².